The highest BCUT2D eigenvalue weighted by Gasteiger charge is 2.31. The molecule has 5 atom stereocenters. The maximum Gasteiger partial charge on any atom is 0.472 e. The van der Waals surface area contributed by atoms with E-state index in [2.05, 4.69) is 34.6 Å². The Hall–Kier alpha value is -1.94. The number of ether oxygens (including phenoxy) is 4. The van der Waals surface area contributed by atoms with E-state index in [1.807, 2.05) is 0 Å². The number of phosphoric acid groups is 2. The first-order valence-corrected chi connectivity index (χ1v) is 50.6. The fourth-order valence-electron chi connectivity index (χ4n) is 14.5. The van der Waals surface area contributed by atoms with Gasteiger partial charge in [-0.1, -0.05) is 452 Å². The highest BCUT2D eigenvalue weighted by Crippen LogP contribution is 2.45. The van der Waals surface area contributed by atoms with E-state index in [1.54, 1.807) is 0 Å². The lowest BCUT2D eigenvalue weighted by Gasteiger charge is -2.21. The van der Waals surface area contributed by atoms with E-state index in [4.69, 9.17) is 37.0 Å². The van der Waals surface area contributed by atoms with Crippen LogP contribution in [0.15, 0.2) is 0 Å². The van der Waals surface area contributed by atoms with E-state index in [0.29, 0.717) is 25.7 Å². The van der Waals surface area contributed by atoms with Gasteiger partial charge >= 0.3 is 39.5 Å². The lowest BCUT2D eigenvalue weighted by molar-refractivity contribution is -0.161. The maximum atomic E-state index is 13.2. The van der Waals surface area contributed by atoms with Gasteiger partial charge in [0.1, 0.15) is 19.3 Å². The average molecular weight is 1620 g/mol. The molecule has 0 spiro atoms. The summed E-state index contributed by atoms with van der Waals surface area (Å²) >= 11 is 0. The summed E-state index contributed by atoms with van der Waals surface area (Å²) in [6.07, 6.45) is 80.6. The number of phosphoric ester groups is 2. The predicted molar refractivity (Wildman–Crippen MR) is 460 cm³/mol. The molecule has 3 N–H and O–H groups in total. The first kappa shape index (κ1) is 109. The first-order chi connectivity index (χ1) is 54.0. The number of rotatable bonds is 92. The van der Waals surface area contributed by atoms with Gasteiger partial charge in [0.15, 0.2) is 12.2 Å². The number of aliphatic hydroxyl groups is 1. The number of unbranched alkanes of at least 4 members (excludes halogenated alkanes) is 64. The van der Waals surface area contributed by atoms with Gasteiger partial charge in [-0.05, 0) is 31.6 Å². The van der Waals surface area contributed by atoms with E-state index in [9.17, 15) is 43.2 Å². The van der Waals surface area contributed by atoms with E-state index in [1.165, 1.54) is 327 Å². The molecule has 660 valence electrons. The van der Waals surface area contributed by atoms with Crippen LogP contribution >= 0.6 is 15.6 Å². The Balaban J connectivity index is 5.25. The van der Waals surface area contributed by atoms with E-state index >= 15 is 0 Å². The molecule has 0 radical (unpaired) electrons. The second kappa shape index (κ2) is 84.5. The lowest BCUT2D eigenvalue weighted by Crippen LogP contribution is -2.30. The summed E-state index contributed by atoms with van der Waals surface area (Å²) in [4.78, 5) is 73.5. The van der Waals surface area contributed by atoms with Crippen LogP contribution in [0.5, 0.6) is 0 Å². The van der Waals surface area contributed by atoms with Crippen LogP contribution in [0.4, 0.5) is 0 Å². The Morgan fingerprint density at radius 2 is 0.414 bits per heavy atom. The van der Waals surface area contributed by atoms with Gasteiger partial charge in [-0.25, -0.2) is 9.13 Å². The van der Waals surface area contributed by atoms with Crippen LogP contribution in [0.1, 0.15) is 503 Å². The summed E-state index contributed by atoms with van der Waals surface area (Å²) in [6, 6.07) is 0. The fraction of sp³-hybridized carbons (Fsp3) is 0.957. The van der Waals surface area contributed by atoms with Crippen molar-refractivity contribution in [1.29, 1.82) is 0 Å². The van der Waals surface area contributed by atoms with E-state index in [-0.39, 0.29) is 25.7 Å². The Morgan fingerprint density at radius 3 is 0.613 bits per heavy atom. The van der Waals surface area contributed by atoms with Gasteiger partial charge in [-0.2, -0.15) is 0 Å². The third-order valence-corrected chi connectivity index (χ3v) is 23.7. The molecule has 0 aromatic carbocycles. The van der Waals surface area contributed by atoms with Crippen LogP contribution < -0.4 is 0 Å². The third kappa shape index (κ3) is 85.8. The molecular weight excluding hydrogens is 1440 g/mol. The number of esters is 4. The molecule has 0 bridgehead atoms. The molecule has 0 aliphatic rings. The number of carbonyl (C=O) groups excluding carboxylic acids is 4. The zero-order valence-electron chi connectivity index (χ0n) is 73.1. The van der Waals surface area contributed by atoms with Crippen LogP contribution in [0, 0.1) is 5.92 Å². The second-order valence-corrected chi connectivity index (χ2v) is 36.4. The van der Waals surface area contributed by atoms with Crippen LogP contribution in [0.2, 0.25) is 0 Å². The maximum absolute atomic E-state index is 13.2. The summed E-state index contributed by atoms with van der Waals surface area (Å²) in [5.41, 5.74) is 0. The largest absolute Gasteiger partial charge is 0.472 e. The molecule has 19 heteroatoms. The summed E-state index contributed by atoms with van der Waals surface area (Å²) in [7, 11) is -9.94. The molecule has 0 aliphatic heterocycles. The SMILES string of the molecule is CCCCCCCCCCCCCCCCCCCCCCCCC(=O)O[C@H](COC(=O)CCCCCCCCCCCCCCCCCCC(C)C)COP(=O)(O)OC[C@@H](O)COP(=O)(O)OC[C@@H](COC(=O)CCCCCCCCCCCCCCC)OC(=O)CCCCCCCCCCCCCCCCCCC. The zero-order valence-corrected chi connectivity index (χ0v) is 74.9. The van der Waals surface area contributed by atoms with Gasteiger partial charge < -0.3 is 33.8 Å². The van der Waals surface area contributed by atoms with Crippen molar-refractivity contribution in [2.75, 3.05) is 39.6 Å². The lowest BCUT2D eigenvalue weighted by atomic mass is 10.0. The summed E-state index contributed by atoms with van der Waals surface area (Å²) in [5.74, 6) is -1.28. The number of carbonyl (C=O) groups is 4. The highest BCUT2D eigenvalue weighted by atomic mass is 31.2. The fourth-order valence-corrected chi connectivity index (χ4v) is 16.1. The van der Waals surface area contributed by atoms with Crippen molar-refractivity contribution in [2.24, 2.45) is 5.92 Å². The smallest absolute Gasteiger partial charge is 0.462 e. The Labute approximate surface area is 683 Å². The van der Waals surface area contributed by atoms with Crippen molar-refractivity contribution in [2.45, 2.75) is 522 Å². The number of hydrogen-bond acceptors (Lipinski definition) is 15. The summed E-state index contributed by atoms with van der Waals surface area (Å²) in [5, 5.41) is 10.7. The molecule has 0 rings (SSSR count). The normalized spacial score (nSPS) is 13.7. The number of hydrogen-bond donors (Lipinski definition) is 3. The Kier molecular flexibility index (Phi) is 83.0. The average Bonchev–Trinajstić information content (AvgIpc) is 0.899. The molecule has 17 nitrogen and oxygen atoms in total. The molecule has 2 unspecified atom stereocenters. The number of aliphatic hydroxyl groups excluding tert-OH is 1. The van der Waals surface area contributed by atoms with Gasteiger partial charge in [0.05, 0.1) is 26.4 Å². The van der Waals surface area contributed by atoms with Gasteiger partial charge in [0.25, 0.3) is 0 Å². The van der Waals surface area contributed by atoms with Crippen molar-refractivity contribution in [1.82, 2.24) is 0 Å². The van der Waals surface area contributed by atoms with Gasteiger partial charge in [-0.3, -0.25) is 37.3 Å². The van der Waals surface area contributed by atoms with Gasteiger partial charge in [0, 0.05) is 25.7 Å². The zero-order chi connectivity index (χ0) is 81.1. The van der Waals surface area contributed by atoms with E-state index < -0.39 is 97.5 Å². The van der Waals surface area contributed by atoms with Gasteiger partial charge in [-0.15, -0.1) is 0 Å². The third-order valence-electron chi connectivity index (χ3n) is 21.8. The molecule has 0 amide bonds. The van der Waals surface area contributed by atoms with Crippen molar-refractivity contribution < 1.29 is 80.2 Å². The molecule has 0 saturated carbocycles. The van der Waals surface area contributed by atoms with Crippen molar-refractivity contribution in [3.05, 3.63) is 0 Å². The molecule has 0 aromatic heterocycles. The van der Waals surface area contributed by atoms with Crippen molar-refractivity contribution in [3.63, 3.8) is 0 Å². The predicted octanol–water partition coefficient (Wildman–Crippen LogP) is 28.7. The summed E-state index contributed by atoms with van der Waals surface area (Å²) in [6.45, 7) is 7.44. The molecular formula is C92H180O17P2. The molecule has 0 heterocycles. The Bertz CT molecular complexity index is 2100. The van der Waals surface area contributed by atoms with Crippen molar-refractivity contribution >= 4 is 39.5 Å². The van der Waals surface area contributed by atoms with Crippen LogP contribution in [0.3, 0.4) is 0 Å². The van der Waals surface area contributed by atoms with Crippen LogP contribution in [-0.4, -0.2) is 96.7 Å². The molecule has 111 heavy (non-hydrogen) atoms. The summed E-state index contributed by atoms with van der Waals surface area (Å²) < 4.78 is 69.1. The van der Waals surface area contributed by atoms with Crippen molar-refractivity contribution in [3.8, 4) is 0 Å². The Morgan fingerprint density at radius 1 is 0.243 bits per heavy atom. The molecule has 0 aromatic rings. The minimum atomic E-state index is -4.97. The van der Waals surface area contributed by atoms with Gasteiger partial charge in [0.2, 0.25) is 0 Å². The second-order valence-electron chi connectivity index (χ2n) is 33.5. The first-order valence-electron chi connectivity index (χ1n) is 47.6. The minimum absolute atomic E-state index is 0.109. The highest BCUT2D eigenvalue weighted by molar-refractivity contribution is 7.47. The molecule has 0 fully saturated rings. The monoisotopic (exact) mass is 1620 g/mol. The standard InChI is InChI=1S/C92H180O17P2/c1-6-9-12-15-18-21-24-27-29-31-32-33-34-35-37-43-48-53-58-63-68-73-78-92(97)109-88(82-103-90(95)76-71-66-61-56-51-46-41-39-38-40-45-49-54-59-64-69-74-85(4)5)84-107-111(100,101)105-80-86(93)79-104-110(98,99)106-83-87(81-102-89(94)75-70-65-60-55-50-44-26-23-20-17-14-11-8-3)108-91(96)77-72-67-62-57-52-47-42-36-30-28-25-22-19-16-13-10-7-2/h85-88,93H,6-84H2,1-5H3,(H,98,99)(H,100,101)/t86-,87+,88+/m0/s1. The molecule has 0 saturated heterocycles. The topological polar surface area (TPSA) is 237 Å². The van der Waals surface area contributed by atoms with E-state index in [0.717, 1.165) is 95.8 Å². The van der Waals surface area contributed by atoms with Crippen LogP contribution in [-0.2, 0) is 65.4 Å². The minimum Gasteiger partial charge on any atom is -0.462 e. The quantitative estimate of drug-likeness (QED) is 0.0222. The van der Waals surface area contributed by atoms with Crippen LogP contribution in [0.25, 0.3) is 0 Å². The molecule has 0 aliphatic carbocycles.